The van der Waals surface area contributed by atoms with Crippen LogP contribution >= 0.6 is 11.3 Å². The van der Waals surface area contributed by atoms with Crippen LogP contribution in [-0.4, -0.2) is 36.0 Å². The van der Waals surface area contributed by atoms with Gasteiger partial charge in [-0.1, -0.05) is 6.92 Å². The number of aromatic nitrogens is 6. The number of H-pyrrole nitrogens is 2. The summed E-state index contributed by atoms with van der Waals surface area (Å²) in [6.45, 7) is 1.92. The Bertz CT molecular complexity index is 1790. The van der Waals surface area contributed by atoms with E-state index in [-0.39, 0.29) is 11.0 Å². The lowest BCUT2D eigenvalue weighted by molar-refractivity contribution is -0.116. The van der Waals surface area contributed by atoms with Crippen molar-refractivity contribution in [1.29, 1.82) is 0 Å². The van der Waals surface area contributed by atoms with E-state index in [9.17, 15) is 9.18 Å². The summed E-state index contributed by atoms with van der Waals surface area (Å²) in [6.07, 6.45) is 5.79. The highest BCUT2D eigenvalue weighted by molar-refractivity contribution is 7.14. The number of carbonyl (C=O) groups excluding carboxylic acids is 1. The number of benzene rings is 1. The molecule has 0 aliphatic carbocycles. The van der Waals surface area contributed by atoms with E-state index in [1.165, 1.54) is 24.5 Å². The van der Waals surface area contributed by atoms with Gasteiger partial charge in [-0.2, -0.15) is 9.49 Å². The molecule has 0 atom stereocenters. The molecule has 6 rings (SSSR count). The molecule has 5 heterocycles. The van der Waals surface area contributed by atoms with Gasteiger partial charge in [0.1, 0.15) is 11.5 Å². The van der Waals surface area contributed by atoms with Crippen molar-refractivity contribution in [2.75, 3.05) is 5.32 Å². The molecule has 0 aliphatic rings. The van der Waals surface area contributed by atoms with Gasteiger partial charge in [0, 0.05) is 51.8 Å². The number of imidazole rings is 1. The van der Waals surface area contributed by atoms with Crippen LogP contribution in [0, 0.1) is 10.9 Å². The molecule has 11 heteroatoms. The molecule has 0 radical (unpaired) electrons. The Hall–Kier alpha value is -4.51. The first-order valence-corrected chi connectivity index (χ1v) is 12.4. The molecule has 0 aliphatic heterocycles. The van der Waals surface area contributed by atoms with Crippen LogP contribution in [0.25, 0.3) is 55.2 Å². The number of halogens is 2. The largest absolute Gasteiger partial charge is 0.335 e. The third kappa shape index (κ3) is 4.23. The van der Waals surface area contributed by atoms with Crippen molar-refractivity contribution in [3.05, 3.63) is 65.9 Å². The molecule has 0 unspecified atom stereocenters. The summed E-state index contributed by atoms with van der Waals surface area (Å²) in [7, 11) is 0. The summed E-state index contributed by atoms with van der Waals surface area (Å²) < 4.78 is 28.8. The molecule has 0 saturated carbocycles. The Balaban J connectivity index is 1.43. The standard InChI is InChI=1S/C26H19F2N7OS/c1-2-3-22(36)31-14-8-13(11-29-12-14)16-9-17-19(10-18(16)27)34-35-24(17)26-32-23-15(6-7-30-25(23)33-26)20-4-5-21(28)37-20/h4-12H,2-3H2,1H3,(H,31,36)(H,34,35)(H,30,32,33). The van der Waals surface area contributed by atoms with Gasteiger partial charge in [0.2, 0.25) is 5.91 Å². The van der Waals surface area contributed by atoms with Gasteiger partial charge in [0.15, 0.2) is 16.6 Å². The summed E-state index contributed by atoms with van der Waals surface area (Å²) in [5.74, 6) is -0.151. The van der Waals surface area contributed by atoms with Gasteiger partial charge in [-0.15, -0.1) is 11.3 Å². The Morgan fingerprint density at radius 3 is 2.81 bits per heavy atom. The highest BCUT2D eigenvalue weighted by Crippen LogP contribution is 2.35. The van der Waals surface area contributed by atoms with Crippen LogP contribution in [0.5, 0.6) is 0 Å². The number of fused-ring (bicyclic) bond motifs is 2. The lowest BCUT2D eigenvalue weighted by Gasteiger charge is -2.08. The molecule has 6 aromatic rings. The van der Waals surface area contributed by atoms with Gasteiger partial charge in [-0.05, 0) is 36.8 Å². The van der Waals surface area contributed by atoms with E-state index >= 15 is 4.39 Å². The molecule has 0 fully saturated rings. The average molecular weight is 516 g/mol. The first kappa shape index (κ1) is 22.9. The van der Waals surface area contributed by atoms with Gasteiger partial charge in [-0.25, -0.2) is 14.4 Å². The molecule has 8 nitrogen and oxygen atoms in total. The molecule has 184 valence electrons. The summed E-state index contributed by atoms with van der Waals surface area (Å²) in [5.41, 5.74) is 4.16. The zero-order valence-electron chi connectivity index (χ0n) is 19.5. The topological polar surface area (TPSA) is 112 Å². The van der Waals surface area contributed by atoms with Gasteiger partial charge >= 0.3 is 0 Å². The summed E-state index contributed by atoms with van der Waals surface area (Å²) in [6, 6.07) is 9.65. The van der Waals surface area contributed by atoms with E-state index < -0.39 is 5.82 Å². The lowest BCUT2D eigenvalue weighted by atomic mass is 10.0. The molecule has 0 spiro atoms. The normalized spacial score (nSPS) is 11.4. The molecular formula is C26H19F2N7OS. The van der Waals surface area contributed by atoms with E-state index in [2.05, 4.69) is 35.5 Å². The van der Waals surface area contributed by atoms with Crippen molar-refractivity contribution < 1.29 is 13.6 Å². The minimum absolute atomic E-state index is 0.127. The molecule has 1 aromatic carbocycles. The Morgan fingerprint density at radius 2 is 2.00 bits per heavy atom. The number of hydrogen-bond acceptors (Lipinski definition) is 6. The Morgan fingerprint density at radius 1 is 1.11 bits per heavy atom. The van der Waals surface area contributed by atoms with Crippen LogP contribution < -0.4 is 5.32 Å². The fourth-order valence-electron chi connectivity index (χ4n) is 4.23. The quantitative estimate of drug-likeness (QED) is 0.241. The minimum Gasteiger partial charge on any atom is -0.335 e. The highest BCUT2D eigenvalue weighted by atomic mass is 32.1. The summed E-state index contributed by atoms with van der Waals surface area (Å²) in [5, 5.41) is 10.4. The van der Waals surface area contributed by atoms with Crippen LogP contribution in [-0.2, 0) is 4.79 Å². The van der Waals surface area contributed by atoms with Crippen LogP contribution in [0.4, 0.5) is 14.5 Å². The number of nitrogens with zero attached hydrogens (tertiary/aromatic N) is 4. The molecule has 1 amide bonds. The molecule has 0 bridgehead atoms. The Kier molecular flexibility index (Phi) is 5.68. The molecule has 5 aromatic heterocycles. The fourth-order valence-corrected chi connectivity index (χ4v) is 5.00. The van der Waals surface area contributed by atoms with E-state index in [1.807, 2.05) is 6.92 Å². The monoisotopic (exact) mass is 515 g/mol. The number of thiophene rings is 1. The predicted octanol–water partition coefficient (Wildman–Crippen LogP) is 6.31. The Labute approximate surface area is 212 Å². The first-order valence-electron chi connectivity index (χ1n) is 11.5. The number of anilines is 1. The number of carbonyl (C=O) groups is 1. The maximum Gasteiger partial charge on any atom is 0.224 e. The van der Waals surface area contributed by atoms with Gasteiger partial charge in [0.25, 0.3) is 0 Å². The zero-order chi connectivity index (χ0) is 25.5. The average Bonchev–Trinajstić information content (AvgIpc) is 3.61. The smallest absolute Gasteiger partial charge is 0.224 e. The van der Waals surface area contributed by atoms with Crippen molar-refractivity contribution in [2.24, 2.45) is 0 Å². The lowest BCUT2D eigenvalue weighted by Crippen LogP contribution is -2.10. The van der Waals surface area contributed by atoms with Crippen molar-refractivity contribution in [2.45, 2.75) is 19.8 Å². The first-order chi connectivity index (χ1) is 18.0. The van der Waals surface area contributed by atoms with Gasteiger partial charge in [0.05, 0.1) is 22.9 Å². The summed E-state index contributed by atoms with van der Waals surface area (Å²) in [4.78, 5) is 29.1. The van der Waals surface area contributed by atoms with Crippen LogP contribution in [0.15, 0.2) is 55.0 Å². The van der Waals surface area contributed by atoms with Crippen LogP contribution in [0.2, 0.25) is 0 Å². The van der Waals surface area contributed by atoms with E-state index in [0.717, 1.165) is 28.2 Å². The second kappa shape index (κ2) is 9.17. The predicted molar refractivity (Wildman–Crippen MR) is 139 cm³/mol. The number of aromatic amines is 2. The van der Waals surface area contributed by atoms with E-state index in [0.29, 0.717) is 56.8 Å². The third-order valence-corrected chi connectivity index (χ3v) is 6.82. The van der Waals surface area contributed by atoms with Crippen LogP contribution in [0.1, 0.15) is 19.8 Å². The van der Waals surface area contributed by atoms with Crippen molar-refractivity contribution in [3.8, 4) is 33.1 Å². The maximum absolute atomic E-state index is 15.1. The van der Waals surface area contributed by atoms with Crippen molar-refractivity contribution in [1.82, 2.24) is 30.1 Å². The van der Waals surface area contributed by atoms with Crippen molar-refractivity contribution in [3.63, 3.8) is 0 Å². The number of rotatable bonds is 6. The molecule has 0 saturated heterocycles. The zero-order valence-corrected chi connectivity index (χ0v) is 20.3. The van der Waals surface area contributed by atoms with Crippen molar-refractivity contribution >= 4 is 45.0 Å². The highest BCUT2D eigenvalue weighted by Gasteiger charge is 2.19. The third-order valence-electron chi connectivity index (χ3n) is 5.92. The van der Waals surface area contributed by atoms with E-state index in [1.54, 1.807) is 30.5 Å². The molecular weight excluding hydrogens is 496 g/mol. The minimum atomic E-state index is -0.463. The maximum atomic E-state index is 15.1. The number of amides is 1. The molecule has 3 N–H and O–H groups in total. The number of nitrogens with one attached hydrogen (secondary N) is 3. The fraction of sp³-hybridized carbons (Fsp3) is 0.115. The number of pyridine rings is 2. The van der Waals surface area contributed by atoms with Crippen LogP contribution in [0.3, 0.4) is 0 Å². The SMILES string of the molecule is CCCC(=O)Nc1cncc(-c2cc3c(-c4nc5nccc(-c6ccc(F)s6)c5[nH]4)n[nH]c3cc2F)c1. The van der Waals surface area contributed by atoms with Gasteiger partial charge in [-0.3, -0.25) is 14.9 Å². The summed E-state index contributed by atoms with van der Waals surface area (Å²) >= 11 is 1.04. The number of hydrogen-bond donors (Lipinski definition) is 3. The second-order valence-corrected chi connectivity index (χ2v) is 9.49. The van der Waals surface area contributed by atoms with Gasteiger partial charge < -0.3 is 10.3 Å². The molecule has 37 heavy (non-hydrogen) atoms. The second-order valence-electron chi connectivity index (χ2n) is 8.46. The van der Waals surface area contributed by atoms with E-state index in [4.69, 9.17) is 0 Å².